The summed E-state index contributed by atoms with van der Waals surface area (Å²) < 4.78 is 55.8. The molecular formula is C25H26N2O9S. The van der Waals surface area contributed by atoms with E-state index in [9.17, 15) is 18.5 Å². The molecule has 0 saturated heterocycles. The van der Waals surface area contributed by atoms with Crippen LogP contribution in [0.25, 0.3) is 12.2 Å². The summed E-state index contributed by atoms with van der Waals surface area (Å²) in [5, 5.41) is 11.1. The first-order chi connectivity index (χ1) is 17.7. The summed E-state index contributed by atoms with van der Waals surface area (Å²) >= 11 is 0. The third kappa shape index (κ3) is 5.86. The lowest BCUT2D eigenvalue weighted by Crippen LogP contribution is -2.15. The van der Waals surface area contributed by atoms with Gasteiger partial charge in [0.2, 0.25) is 5.75 Å². The van der Waals surface area contributed by atoms with Crippen LogP contribution in [0.4, 0.5) is 11.4 Å². The van der Waals surface area contributed by atoms with Crippen molar-refractivity contribution >= 4 is 33.6 Å². The van der Waals surface area contributed by atoms with Crippen molar-refractivity contribution in [2.45, 2.75) is 4.90 Å². The number of sulfonamides is 1. The van der Waals surface area contributed by atoms with Gasteiger partial charge in [-0.2, -0.15) is 0 Å². The highest BCUT2D eigenvalue weighted by atomic mass is 32.2. The fraction of sp³-hybridized carbons (Fsp3) is 0.200. The topological polar surface area (TPSA) is 135 Å². The van der Waals surface area contributed by atoms with Crippen LogP contribution < -0.4 is 28.4 Å². The Hall–Kier alpha value is -4.45. The minimum absolute atomic E-state index is 0.0806. The zero-order valence-electron chi connectivity index (χ0n) is 20.8. The van der Waals surface area contributed by atoms with Crippen molar-refractivity contribution in [3.8, 4) is 28.7 Å². The molecule has 12 heteroatoms. The molecule has 3 aromatic carbocycles. The van der Waals surface area contributed by atoms with E-state index in [4.69, 9.17) is 23.7 Å². The van der Waals surface area contributed by atoms with Gasteiger partial charge in [0.05, 0.1) is 45.4 Å². The van der Waals surface area contributed by atoms with Crippen LogP contribution in [0, 0.1) is 10.1 Å². The molecule has 0 heterocycles. The lowest BCUT2D eigenvalue weighted by Gasteiger charge is -2.17. The molecule has 11 nitrogen and oxygen atoms in total. The SMILES string of the molecule is COc1cc(C=Cc2ccc(OC)c(OC)c2NS(=O)(=O)c2cccc([N+](=O)[O-])c2)cc(OC)c1OC. The lowest BCUT2D eigenvalue weighted by molar-refractivity contribution is -0.385. The van der Waals surface area contributed by atoms with Gasteiger partial charge >= 0.3 is 0 Å². The molecule has 3 rings (SSSR count). The average Bonchev–Trinajstić information content (AvgIpc) is 2.91. The van der Waals surface area contributed by atoms with Gasteiger partial charge in [0.1, 0.15) is 5.69 Å². The van der Waals surface area contributed by atoms with Gasteiger partial charge in [0.25, 0.3) is 15.7 Å². The van der Waals surface area contributed by atoms with Gasteiger partial charge in [-0.25, -0.2) is 8.42 Å². The van der Waals surface area contributed by atoms with E-state index >= 15 is 0 Å². The maximum atomic E-state index is 13.2. The summed E-state index contributed by atoms with van der Waals surface area (Å²) in [6.07, 6.45) is 3.38. The van der Waals surface area contributed by atoms with Crippen LogP contribution in [0.3, 0.4) is 0 Å². The van der Waals surface area contributed by atoms with Crippen LogP contribution >= 0.6 is 0 Å². The normalized spacial score (nSPS) is 11.2. The number of rotatable bonds is 11. The average molecular weight is 531 g/mol. The van der Waals surface area contributed by atoms with Crippen LogP contribution in [0.15, 0.2) is 53.4 Å². The number of nitro benzene ring substituents is 1. The first kappa shape index (κ1) is 27.1. The largest absolute Gasteiger partial charge is 0.493 e. The van der Waals surface area contributed by atoms with E-state index in [2.05, 4.69) is 4.72 Å². The number of ether oxygens (including phenoxy) is 5. The van der Waals surface area contributed by atoms with Crippen LogP contribution in [0.1, 0.15) is 11.1 Å². The number of nitrogens with one attached hydrogen (secondary N) is 1. The van der Waals surface area contributed by atoms with Gasteiger partial charge in [-0.15, -0.1) is 0 Å². The van der Waals surface area contributed by atoms with Gasteiger partial charge in [-0.3, -0.25) is 14.8 Å². The van der Waals surface area contributed by atoms with Crippen molar-refractivity contribution in [2.24, 2.45) is 0 Å². The summed E-state index contributed by atoms with van der Waals surface area (Å²) in [6.45, 7) is 0. The molecule has 1 N–H and O–H groups in total. The molecule has 0 aliphatic heterocycles. The molecule has 0 aromatic heterocycles. The third-order valence-corrected chi connectivity index (χ3v) is 6.64. The lowest BCUT2D eigenvalue weighted by atomic mass is 10.1. The van der Waals surface area contributed by atoms with Crippen molar-refractivity contribution in [2.75, 3.05) is 40.3 Å². The molecule has 0 bridgehead atoms. The van der Waals surface area contributed by atoms with E-state index in [-0.39, 0.29) is 27.8 Å². The zero-order chi connectivity index (χ0) is 27.2. The maximum absolute atomic E-state index is 13.2. The van der Waals surface area contributed by atoms with Crippen molar-refractivity contribution in [3.05, 3.63) is 69.8 Å². The smallest absolute Gasteiger partial charge is 0.270 e. The molecule has 0 aliphatic carbocycles. The summed E-state index contributed by atoms with van der Waals surface area (Å²) in [7, 11) is 3.05. The molecule has 0 unspecified atom stereocenters. The van der Waals surface area contributed by atoms with Gasteiger partial charge in [-0.05, 0) is 35.9 Å². The van der Waals surface area contributed by atoms with Crippen LogP contribution in [-0.4, -0.2) is 48.9 Å². The second-order valence-corrected chi connectivity index (χ2v) is 9.10. The molecule has 0 aliphatic rings. The molecule has 0 radical (unpaired) electrons. The third-order valence-electron chi connectivity index (χ3n) is 5.30. The number of benzene rings is 3. The fourth-order valence-electron chi connectivity index (χ4n) is 3.53. The van der Waals surface area contributed by atoms with Gasteiger partial charge in [0.15, 0.2) is 23.0 Å². The van der Waals surface area contributed by atoms with Gasteiger partial charge < -0.3 is 23.7 Å². The molecular weight excluding hydrogens is 504 g/mol. The maximum Gasteiger partial charge on any atom is 0.270 e. The summed E-state index contributed by atoms with van der Waals surface area (Å²) in [6, 6.07) is 11.4. The van der Waals surface area contributed by atoms with Crippen LogP contribution in [0.2, 0.25) is 0 Å². The molecule has 0 fully saturated rings. The Kier molecular flexibility index (Phi) is 8.45. The highest BCUT2D eigenvalue weighted by Crippen LogP contribution is 2.41. The second kappa shape index (κ2) is 11.5. The summed E-state index contributed by atoms with van der Waals surface area (Å²) in [4.78, 5) is 10.2. The molecule has 3 aromatic rings. The first-order valence-corrected chi connectivity index (χ1v) is 12.2. The van der Waals surface area contributed by atoms with E-state index in [1.807, 2.05) is 0 Å². The van der Waals surface area contributed by atoms with Crippen LogP contribution in [-0.2, 0) is 10.0 Å². The molecule has 0 saturated carbocycles. The Morgan fingerprint density at radius 3 is 1.95 bits per heavy atom. The standard InChI is InChI=1S/C25H26N2O9S/c1-32-20-12-11-17(10-9-16-13-21(33-2)24(35-4)22(14-16)34-3)23(25(20)36-5)26-37(30,31)19-8-6-7-18(15-19)27(28)29/h6-15,26H,1-5H3. The van der Waals surface area contributed by atoms with E-state index in [1.54, 1.807) is 36.4 Å². The number of nitro groups is 1. The highest BCUT2D eigenvalue weighted by molar-refractivity contribution is 7.92. The number of hydrogen-bond acceptors (Lipinski definition) is 9. The minimum Gasteiger partial charge on any atom is -0.493 e. The number of hydrogen-bond donors (Lipinski definition) is 1. The van der Waals surface area contributed by atoms with Gasteiger partial charge in [0, 0.05) is 17.7 Å². The number of non-ortho nitro benzene ring substituents is 1. The Labute approximate surface area is 214 Å². The van der Waals surface area contributed by atoms with E-state index in [1.165, 1.54) is 53.7 Å². The molecule has 0 atom stereocenters. The quantitative estimate of drug-likeness (QED) is 0.214. The number of nitrogens with zero attached hydrogens (tertiary/aromatic N) is 1. The predicted octanol–water partition coefficient (Wildman–Crippen LogP) is 4.61. The van der Waals surface area contributed by atoms with Crippen molar-refractivity contribution in [1.82, 2.24) is 0 Å². The highest BCUT2D eigenvalue weighted by Gasteiger charge is 2.23. The Balaban J connectivity index is 2.11. The predicted molar refractivity (Wildman–Crippen MR) is 138 cm³/mol. The Morgan fingerprint density at radius 2 is 1.41 bits per heavy atom. The molecule has 196 valence electrons. The first-order valence-electron chi connectivity index (χ1n) is 10.7. The molecule has 37 heavy (non-hydrogen) atoms. The Morgan fingerprint density at radius 1 is 0.784 bits per heavy atom. The van der Waals surface area contributed by atoms with E-state index in [0.29, 0.717) is 28.4 Å². The monoisotopic (exact) mass is 530 g/mol. The van der Waals surface area contributed by atoms with Crippen molar-refractivity contribution in [3.63, 3.8) is 0 Å². The minimum atomic E-state index is -4.24. The number of methoxy groups -OCH3 is 5. The van der Waals surface area contributed by atoms with E-state index < -0.39 is 14.9 Å². The van der Waals surface area contributed by atoms with Crippen molar-refractivity contribution < 1.29 is 37.0 Å². The summed E-state index contributed by atoms with van der Waals surface area (Å²) in [5.41, 5.74) is 0.831. The van der Waals surface area contributed by atoms with Gasteiger partial charge in [-0.1, -0.05) is 18.2 Å². The number of anilines is 1. The molecule has 0 spiro atoms. The Bertz CT molecular complexity index is 1410. The fourth-order valence-corrected chi connectivity index (χ4v) is 4.66. The van der Waals surface area contributed by atoms with Crippen LogP contribution in [0.5, 0.6) is 28.7 Å². The second-order valence-electron chi connectivity index (χ2n) is 7.42. The van der Waals surface area contributed by atoms with E-state index in [0.717, 1.165) is 6.07 Å². The van der Waals surface area contributed by atoms with Crippen molar-refractivity contribution in [1.29, 1.82) is 0 Å². The summed E-state index contributed by atoms with van der Waals surface area (Å²) in [5.74, 6) is 1.73. The zero-order valence-corrected chi connectivity index (χ0v) is 21.6. The molecule has 0 amide bonds.